The van der Waals surface area contributed by atoms with Crippen LogP contribution in [0, 0.1) is 5.92 Å². The van der Waals surface area contributed by atoms with Crippen molar-refractivity contribution in [2.24, 2.45) is 5.92 Å². The minimum atomic E-state index is -0.821. The Hall–Kier alpha value is -1.06. The minimum Gasteiger partial charge on any atom is -0.481 e. The van der Waals surface area contributed by atoms with Crippen LogP contribution in [0.25, 0.3) is 0 Å². The topological polar surface area (TPSA) is 57.6 Å². The maximum absolute atomic E-state index is 11.7. The van der Waals surface area contributed by atoms with Gasteiger partial charge in [-0.25, -0.2) is 0 Å². The maximum atomic E-state index is 11.7. The van der Waals surface area contributed by atoms with Gasteiger partial charge in [-0.3, -0.25) is 9.59 Å². The first kappa shape index (κ1) is 11.0. The molecule has 0 bridgehead atoms. The molecule has 1 rings (SSSR count). The Balaban J connectivity index is 2.59. The van der Waals surface area contributed by atoms with Crippen LogP contribution >= 0.6 is 0 Å². The number of likely N-dealkylation sites (tertiary alicyclic amines) is 1. The Labute approximate surface area is 83.9 Å². The second-order valence-electron chi connectivity index (χ2n) is 4.08. The predicted octanol–water partition coefficient (Wildman–Crippen LogP) is 1.11. The van der Waals surface area contributed by atoms with Crippen molar-refractivity contribution in [3.63, 3.8) is 0 Å². The fraction of sp³-hybridized carbons (Fsp3) is 0.800. The second kappa shape index (κ2) is 4.44. The fourth-order valence-electron chi connectivity index (χ4n) is 1.87. The molecule has 80 valence electrons. The van der Waals surface area contributed by atoms with Gasteiger partial charge in [-0.05, 0) is 12.8 Å². The van der Waals surface area contributed by atoms with Crippen LogP contribution in [0.3, 0.4) is 0 Å². The number of hydrogen-bond donors (Lipinski definition) is 1. The highest BCUT2D eigenvalue weighted by atomic mass is 16.4. The lowest BCUT2D eigenvalue weighted by atomic mass is 10.1. The number of carboxylic acids is 1. The van der Waals surface area contributed by atoms with Crippen LogP contribution in [0.2, 0.25) is 0 Å². The van der Waals surface area contributed by atoms with Crippen molar-refractivity contribution in [1.82, 2.24) is 4.90 Å². The van der Waals surface area contributed by atoms with Crippen molar-refractivity contribution in [2.75, 3.05) is 6.54 Å². The van der Waals surface area contributed by atoms with Crippen molar-refractivity contribution in [1.29, 1.82) is 0 Å². The van der Waals surface area contributed by atoms with Crippen LogP contribution < -0.4 is 0 Å². The molecule has 1 aliphatic heterocycles. The van der Waals surface area contributed by atoms with Gasteiger partial charge in [0.05, 0.1) is 6.42 Å². The number of rotatable bonds is 3. The molecule has 4 nitrogen and oxygen atoms in total. The van der Waals surface area contributed by atoms with Gasteiger partial charge in [0.2, 0.25) is 5.91 Å². The molecule has 0 unspecified atom stereocenters. The van der Waals surface area contributed by atoms with Crippen LogP contribution in [-0.2, 0) is 9.59 Å². The predicted molar refractivity (Wildman–Crippen MR) is 51.8 cm³/mol. The molecule has 0 aromatic rings. The number of carbonyl (C=O) groups is 2. The molecule has 1 atom stereocenters. The molecule has 1 saturated heterocycles. The van der Waals surface area contributed by atoms with E-state index in [0.717, 1.165) is 19.4 Å². The van der Waals surface area contributed by atoms with E-state index in [9.17, 15) is 9.59 Å². The zero-order valence-electron chi connectivity index (χ0n) is 8.69. The summed E-state index contributed by atoms with van der Waals surface area (Å²) in [5, 5.41) is 8.67. The molecule has 1 aliphatic rings. The summed E-state index contributed by atoms with van der Waals surface area (Å²) in [5.74, 6) is -0.781. The summed E-state index contributed by atoms with van der Waals surface area (Å²) in [6.45, 7) is 4.41. The standard InChI is InChI=1S/C10H17NO3/c1-7(2)10(14)11-5-3-4-8(11)6-9(12)13/h7-8H,3-6H2,1-2H3,(H,12,13)/t8-/m0/s1. The van der Waals surface area contributed by atoms with Crippen molar-refractivity contribution < 1.29 is 14.7 Å². The summed E-state index contributed by atoms with van der Waals surface area (Å²) in [5.41, 5.74) is 0. The van der Waals surface area contributed by atoms with E-state index in [1.807, 2.05) is 13.8 Å². The molecule has 1 amide bonds. The van der Waals surface area contributed by atoms with Crippen LogP contribution in [0.1, 0.15) is 33.1 Å². The van der Waals surface area contributed by atoms with Crippen molar-refractivity contribution in [3.05, 3.63) is 0 Å². The summed E-state index contributed by atoms with van der Waals surface area (Å²) < 4.78 is 0. The molecular weight excluding hydrogens is 182 g/mol. The number of amides is 1. The molecule has 14 heavy (non-hydrogen) atoms. The van der Waals surface area contributed by atoms with E-state index in [1.165, 1.54) is 0 Å². The smallest absolute Gasteiger partial charge is 0.305 e. The summed E-state index contributed by atoms with van der Waals surface area (Å²) in [4.78, 5) is 23.9. The lowest BCUT2D eigenvalue weighted by Crippen LogP contribution is -2.39. The number of carbonyl (C=O) groups excluding carboxylic acids is 1. The average molecular weight is 199 g/mol. The molecule has 0 aliphatic carbocycles. The van der Waals surface area contributed by atoms with Crippen molar-refractivity contribution in [3.8, 4) is 0 Å². The average Bonchev–Trinajstić information content (AvgIpc) is 2.49. The van der Waals surface area contributed by atoms with Crippen LogP contribution in [0.4, 0.5) is 0 Å². The molecule has 1 N–H and O–H groups in total. The highest BCUT2D eigenvalue weighted by Crippen LogP contribution is 2.21. The van der Waals surface area contributed by atoms with E-state index in [4.69, 9.17) is 5.11 Å². The summed E-state index contributed by atoms with van der Waals surface area (Å²) in [6.07, 6.45) is 1.83. The van der Waals surface area contributed by atoms with Crippen molar-refractivity contribution >= 4 is 11.9 Å². The lowest BCUT2D eigenvalue weighted by molar-refractivity contribution is -0.140. The number of nitrogens with zero attached hydrogens (tertiary/aromatic N) is 1. The molecule has 0 aromatic carbocycles. The van der Waals surface area contributed by atoms with Gasteiger partial charge in [0.25, 0.3) is 0 Å². The fourth-order valence-corrected chi connectivity index (χ4v) is 1.87. The zero-order valence-corrected chi connectivity index (χ0v) is 8.69. The van der Waals surface area contributed by atoms with Gasteiger partial charge in [0, 0.05) is 18.5 Å². The third-order valence-electron chi connectivity index (χ3n) is 2.56. The van der Waals surface area contributed by atoms with Gasteiger partial charge >= 0.3 is 5.97 Å². The highest BCUT2D eigenvalue weighted by Gasteiger charge is 2.31. The molecule has 0 aromatic heterocycles. The quantitative estimate of drug-likeness (QED) is 0.740. The van der Waals surface area contributed by atoms with Crippen molar-refractivity contribution in [2.45, 2.75) is 39.2 Å². The SMILES string of the molecule is CC(C)C(=O)N1CCC[C@H]1CC(=O)O. The highest BCUT2D eigenvalue weighted by molar-refractivity contribution is 5.79. The summed E-state index contributed by atoms with van der Waals surface area (Å²) >= 11 is 0. The molecule has 0 radical (unpaired) electrons. The lowest BCUT2D eigenvalue weighted by Gasteiger charge is -2.25. The normalized spacial score (nSPS) is 21.6. The van der Waals surface area contributed by atoms with Gasteiger partial charge in [-0.2, -0.15) is 0 Å². The van der Waals surface area contributed by atoms with Gasteiger partial charge in [-0.15, -0.1) is 0 Å². The van der Waals surface area contributed by atoms with Crippen LogP contribution in [-0.4, -0.2) is 34.5 Å². The maximum Gasteiger partial charge on any atom is 0.305 e. The molecular formula is C10H17NO3. The number of aliphatic carboxylic acids is 1. The largest absolute Gasteiger partial charge is 0.481 e. The summed E-state index contributed by atoms with van der Waals surface area (Å²) in [6, 6.07) is -0.0811. The van der Waals surface area contributed by atoms with Crippen LogP contribution in [0.15, 0.2) is 0 Å². The first-order valence-electron chi connectivity index (χ1n) is 5.04. The second-order valence-corrected chi connectivity index (χ2v) is 4.08. The van der Waals surface area contributed by atoms with E-state index in [1.54, 1.807) is 4.90 Å². The third-order valence-corrected chi connectivity index (χ3v) is 2.56. The number of carboxylic acid groups (broad SMARTS) is 1. The Kier molecular flexibility index (Phi) is 3.49. The van der Waals surface area contributed by atoms with Gasteiger partial charge in [0.1, 0.15) is 0 Å². The van der Waals surface area contributed by atoms with Gasteiger partial charge in [0.15, 0.2) is 0 Å². The molecule has 1 heterocycles. The number of hydrogen-bond acceptors (Lipinski definition) is 2. The molecule has 1 fully saturated rings. The minimum absolute atomic E-state index is 0.0376. The Morgan fingerprint density at radius 2 is 2.14 bits per heavy atom. The Morgan fingerprint density at radius 1 is 1.50 bits per heavy atom. The Bertz CT molecular complexity index is 238. The zero-order chi connectivity index (χ0) is 10.7. The monoisotopic (exact) mass is 199 g/mol. The summed E-state index contributed by atoms with van der Waals surface area (Å²) in [7, 11) is 0. The van der Waals surface area contributed by atoms with E-state index < -0.39 is 5.97 Å². The van der Waals surface area contributed by atoms with Crippen LogP contribution in [0.5, 0.6) is 0 Å². The first-order valence-corrected chi connectivity index (χ1v) is 5.04. The van der Waals surface area contributed by atoms with E-state index in [-0.39, 0.29) is 24.3 Å². The molecule has 0 saturated carbocycles. The first-order chi connectivity index (χ1) is 6.52. The van der Waals surface area contributed by atoms with E-state index in [0.29, 0.717) is 0 Å². The Morgan fingerprint density at radius 3 is 2.64 bits per heavy atom. The molecule has 0 spiro atoms. The van der Waals surface area contributed by atoms with Gasteiger partial charge in [-0.1, -0.05) is 13.8 Å². The molecule has 4 heteroatoms. The van der Waals surface area contributed by atoms with E-state index in [2.05, 4.69) is 0 Å². The third kappa shape index (κ3) is 2.47. The van der Waals surface area contributed by atoms with Gasteiger partial charge < -0.3 is 10.0 Å². The van der Waals surface area contributed by atoms with E-state index >= 15 is 0 Å².